The molecule has 0 spiro atoms. The number of ether oxygens (including phenoxy) is 1. The van der Waals surface area contributed by atoms with E-state index in [9.17, 15) is 4.79 Å². The van der Waals surface area contributed by atoms with Gasteiger partial charge in [-0.05, 0) is 29.3 Å². The van der Waals surface area contributed by atoms with E-state index < -0.39 is 5.92 Å². The van der Waals surface area contributed by atoms with Gasteiger partial charge in [0.15, 0.2) is 5.82 Å². The van der Waals surface area contributed by atoms with Gasteiger partial charge >= 0.3 is 0 Å². The maximum atomic E-state index is 13.6. The van der Waals surface area contributed by atoms with Crippen LogP contribution in [0.25, 0.3) is 15.5 Å². The fourth-order valence-electron chi connectivity index (χ4n) is 3.92. The third kappa shape index (κ3) is 4.15. The summed E-state index contributed by atoms with van der Waals surface area (Å²) in [5.74, 6) is 0.790. The van der Waals surface area contributed by atoms with Crippen molar-refractivity contribution in [2.75, 3.05) is 12.4 Å². The highest BCUT2D eigenvalue weighted by Gasteiger charge is 2.24. The van der Waals surface area contributed by atoms with Crippen molar-refractivity contribution < 1.29 is 9.53 Å². The Kier molecular flexibility index (Phi) is 6.05. The summed E-state index contributed by atoms with van der Waals surface area (Å²) in [5, 5.41) is 16.9. The molecule has 0 saturated carbocycles. The molecule has 7 nitrogen and oxygen atoms in total. The van der Waals surface area contributed by atoms with Crippen LogP contribution in [0.3, 0.4) is 0 Å². The van der Waals surface area contributed by atoms with Crippen LogP contribution in [0.15, 0.2) is 78.9 Å². The smallest absolute Gasteiger partial charge is 0.236 e. The van der Waals surface area contributed by atoms with Gasteiger partial charge in [0.1, 0.15) is 10.8 Å². The highest BCUT2D eigenvalue weighted by atomic mass is 32.1. The zero-order valence-corrected chi connectivity index (χ0v) is 19.6. The van der Waals surface area contributed by atoms with Gasteiger partial charge in [0.05, 0.1) is 18.7 Å². The van der Waals surface area contributed by atoms with Crippen molar-refractivity contribution in [2.45, 2.75) is 19.3 Å². The van der Waals surface area contributed by atoms with Crippen molar-refractivity contribution in [3.63, 3.8) is 0 Å². The summed E-state index contributed by atoms with van der Waals surface area (Å²) in [6.07, 6.45) is 0.745. The van der Waals surface area contributed by atoms with Crippen LogP contribution in [0.4, 0.5) is 5.69 Å². The summed E-state index contributed by atoms with van der Waals surface area (Å²) >= 11 is 1.45. The summed E-state index contributed by atoms with van der Waals surface area (Å²) in [7, 11) is 1.59. The van der Waals surface area contributed by atoms with Gasteiger partial charge in [-0.15, -0.1) is 10.2 Å². The summed E-state index contributed by atoms with van der Waals surface area (Å²) in [5.41, 5.74) is 3.29. The quantitative estimate of drug-likeness (QED) is 0.355. The second-order valence-electron chi connectivity index (χ2n) is 7.73. The summed E-state index contributed by atoms with van der Waals surface area (Å²) < 4.78 is 7.32. The molecular formula is C26H23N5O2S. The van der Waals surface area contributed by atoms with E-state index in [1.54, 1.807) is 11.6 Å². The largest absolute Gasteiger partial charge is 0.495 e. The Morgan fingerprint density at radius 3 is 2.29 bits per heavy atom. The van der Waals surface area contributed by atoms with Crippen molar-refractivity contribution in [3.05, 3.63) is 95.8 Å². The van der Waals surface area contributed by atoms with Crippen molar-refractivity contribution in [3.8, 4) is 16.3 Å². The molecule has 0 aliphatic heterocycles. The van der Waals surface area contributed by atoms with E-state index in [4.69, 9.17) is 4.74 Å². The third-order valence-electron chi connectivity index (χ3n) is 5.60. The monoisotopic (exact) mass is 469 g/mol. The molecule has 5 aromatic rings. The first-order chi connectivity index (χ1) is 16.7. The standard InChI is InChI=1S/C26H23N5O2S/c1-3-22-28-29-26-31(22)30-25(34-26)19-14-15-21(33-2)20(16-19)27-24(32)23(17-10-6-4-7-11-17)18-12-8-5-9-13-18/h4-16,23H,3H2,1-2H3,(H,27,32). The molecule has 0 fully saturated rings. The lowest BCUT2D eigenvalue weighted by molar-refractivity contribution is -0.116. The SMILES string of the molecule is CCc1nnc2sc(-c3ccc(OC)c(NC(=O)C(c4ccccc4)c4ccccc4)c3)nn12. The minimum absolute atomic E-state index is 0.140. The van der Waals surface area contributed by atoms with E-state index in [1.807, 2.05) is 85.8 Å². The number of amides is 1. The van der Waals surface area contributed by atoms with E-state index >= 15 is 0 Å². The molecule has 0 unspecified atom stereocenters. The molecular weight excluding hydrogens is 446 g/mol. The van der Waals surface area contributed by atoms with Crippen LogP contribution in [-0.4, -0.2) is 32.8 Å². The molecule has 3 aromatic carbocycles. The first kappa shape index (κ1) is 21.8. The second-order valence-corrected chi connectivity index (χ2v) is 8.69. The van der Waals surface area contributed by atoms with Gasteiger partial charge in [-0.1, -0.05) is 78.9 Å². The molecule has 2 aromatic heterocycles. The van der Waals surface area contributed by atoms with Crippen LogP contribution < -0.4 is 10.1 Å². The Bertz CT molecular complexity index is 1390. The highest BCUT2D eigenvalue weighted by molar-refractivity contribution is 7.19. The normalized spacial score (nSPS) is 11.1. The number of nitrogens with zero attached hydrogens (tertiary/aromatic N) is 4. The zero-order chi connectivity index (χ0) is 23.5. The van der Waals surface area contributed by atoms with Crippen LogP contribution in [0.5, 0.6) is 5.75 Å². The number of benzene rings is 3. The van der Waals surface area contributed by atoms with Crippen LogP contribution in [0, 0.1) is 0 Å². The molecule has 5 rings (SSSR count). The van der Waals surface area contributed by atoms with Crippen molar-refractivity contribution >= 4 is 27.9 Å². The lowest BCUT2D eigenvalue weighted by atomic mass is 9.90. The van der Waals surface area contributed by atoms with Crippen LogP contribution in [0.1, 0.15) is 29.8 Å². The predicted octanol–water partition coefficient (Wildman–Crippen LogP) is 5.19. The van der Waals surface area contributed by atoms with Crippen LogP contribution in [0.2, 0.25) is 0 Å². The van der Waals surface area contributed by atoms with Crippen LogP contribution in [-0.2, 0) is 11.2 Å². The molecule has 0 atom stereocenters. The number of carbonyl (C=O) groups is 1. The van der Waals surface area contributed by atoms with Crippen LogP contribution >= 0.6 is 11.3 Å². The lowest BCUT2D eigenvalue weighted by Gasteiger charge is -2.19. The number of anilines is 1. The van der Waals surface area contributed by atoms with Gasteiger partial charge in [0.25, 0.3) is 0 Å². The molecule has 1 N–H and O–H groups in total. The van der Waals surface area contributed by atoms with Gasteiger partial charge in [-0.3, -0.25) is 4.79 Å². The molecule has 170 valence electrons. The number of carbonyl (C=O) groups excluding carboxylic acids is 1. The number of nitrogens with one attached hydrogen (secondary N) is 1. The zero-order valence-electron chi connectivity index (χ0n) is 18.8. The van der Waals surface area contributed by atoms with Crippen molar-refractivity contribution in [1.29, 1.82) is 0 Å². The first-order valence-electron chi connectivity index (χ1n) is 11.0. The maximum Gasteiger partial charge on any atom is 0.236 e. The number of rotatable bonds is 7. The molecule has 34 heavy (non-hydrogen) atoms. The number of hydrogen-bond donors (Lipinski definition) is 1. The van der Waals surface area contributed by atoms with Crippen molar-refractivity contribution in [1.82, 2.24) is 19.8 Å². The fourth-order valence-corrected chi connectivity index (χ4v) is 4.78. The van der Waals surface area contributed by atoms with Gasteiger partial charge in [-0.2, -0.15) is 9.61 Å². The Hall–Kier alpha value is -4.04. The molecule has 8 heteroatoms. The molecule has 1 amide bonds. The first-order valence-corrected chi connectivity index (χ1v) is 11.8. The number of hydrogen-bond acceptors (Lipinski definition) is 6. The predicted molar refractivity (Wildman–Crippen MR) is 133 cm³/mol. The number of methoxy groups -OCH3 is 1. The molecule has 0 bridgehead atoms. The van der Waals surface area contributed by atoms with E-state index in [0.717, 1.165) is 38.9 Å². The van der Waals surface area contributed by atoms with Crippen molar-refractivity contribution in [2.24, 2.45) is 0 Å². The summed E-state index contributed by atoms with van der Waals surface area (Å²) in [6.45, 7) is 2.02. The Morgan fingerprint density at radius 2 is 1.68 bits per heavy atom. The lowest BCUT2D eigenvalue weighted by Crippen LogP contribution is -2.22. The van der Waals surface area contributed by atoms with E-state index in [-0.39, 0.29) is 5.91 Å². The Balaban J connectivity index is 1.51. The van der Waals surface area contributed by atoms with E-state index in [2.05, 4.69) is 20.6 Å². The number of fused-ring (bicyclic) bond motifs is 1. The highest BCUT2D eigenvalue weighted by Crippen LogP contribution is 2.34. The summed E-state index contributed by atoms with van der Waals surface area (Å²) in [6, 6.07) is 25.2. The molecule has 2 heterocycles. The average Bonchev–Trinajstić information content (AvgIpc) is 3.46. The molecule has 0 saturated heterocycles. The van der Waals surface area contributed by atoms with Gasteiger partial charge in [0.2, 0.25) is 10.9 Å². The number of aryl methyl sites for hydroxylation is 1. The molecule has 0 aliphatic carbocycles. The minimum atomic E-state index is -0.461. The van der Waals surface area contributed by atoms with E-state index in [0.29, 0.717) is 11.4 Å². The topological polar surface area (TPSA) is 81.4 Å². The third-order valence-corrected chi connectivity index (χ3v) is 6.55. The van der Waals surface area contributed by atoms with Gasteiger partial charge < -0.3 is 10.1 Å². The van der Waals surface area contributed by atoms with Gasteiger partial charge in [-0.25, -0.2) is 0 Å². The maximum absolute atomic E-state index is 13.6. The minimum Gasteiger partial charge on any atom is -0.495 e. The molecule has 0 radical (unpaired) electrons. The Labute approximate surface area is 201 Å². The molecule has 0 aliphatic rings. The Morgan fingerprint density at radius 1 is 1.00 bits per heavy atom. The number of aromatic nitrogens is 4. The van der Waals surface area contributed by atoms with Gasteiger partial charge in [0, 0.05) is 12.0 Å². The van der Waals surface area contributed by atoms with E-state index in [1.165, 1.54) is 11.3 Å². The fraction of sp³-hybridized carbons (Fsp3) is 0.154. The second kappa shape index (κ2) is 9.44. The average molecular weight is 470 g/mol. The summed E-state index contributed by atoms with van der Waals surface area (Å²) in [4.78, 5) is 14.3.